The second-order valence-electron chi connectivity index (χ2n) is 5.03. The molecule has 1 atom stereocenters. The molecule has 0 aliphatic carbocycles. The highest BCUT2D eigenvalue weighted by Gasteiger charge is 2.28. The van der Waals surface area contributed by atoms with E-state index < -0.39 is 5.60 Å². The number of hydrogen-bond acceptors (Lipinski definition) is 4. The van der Waals surface area contributed by atoms with Crippen LogP contribution in [0.2, 0.25) is 0 Å². The van der Waals surface area contributed by atoms with E-state index in [4.69, 9.17) is 5.73 Å². The van der Waals surface area contributed by atoms with Crippen LogP contribution in [0.25, 0.3) is 11.3 Å². The highest BCUT2D eigenvalue weighted by atomic mass is 16.3. The molecule has 3 aromatic rings. The Hall–Kier alpha value is -2.66. The molecule has 0 aliphatic heterocycles. The molecule has 0 spiro atoms. The van der Waals surface area contributed by atoms with Gasteiger partial charge in [0.25, 0.3) is 0 Å². The van der Waals surface area contributed by atoms with Crippen molar-refractivity contribution in [1.29, 1.82) is 0 Å². The van der Waals surface area contributed by atoms with Gasteiger partial charge in [-0.05, 0) is 24.6 Å². The zero-order chi connectivity index (χ0) is 14.9. The van der Waals surface area contributed by atoms with Crippen LogP contribution >= 0.6 is 0 Å². The summed E-state index contributed by atoms with van der Waals surface area (Å²) in [6.45, 7) is 1.70. The molecule has 5 nitrogen and oxygen atoms in total. The van der Waals surface area contributed by atoms with Gasteiger partial charge in [-0.15, -0.1) is 0 Å². The van der Waals surface area contributed by atoms with E-state index in [1.54, 1.807) is 13.0 Å². The van der Waals surface area contributed by atoms with Gasteiger partial charge in [-0.25, -0.2) is 9.97 Å². The summed E-state index contributed by atoms with van der Waals surface area (Å²) in [4.78, 5) is 11.4. The van der Waals surface area contributed by atoms with Gasteiger partial charge in [-0.3, -0.25) is 0 Å². The van der Waals surface area contributed by atoms with Crippen LogP contribution in [0.3, 0.4) is 0 Å². The Morgan fingerprint density at radius 1 is 1.14 bits per heavy atom. The van der Waals surface area contributed by atoms with Crippen molar-refractivity contribution in [3.63, 3.8) is 0 Å². The van der Waals surface area contributed by atoms with Crippen molar-refractivity contribution in [3.8, 4) is 11.3 Å². The molecule has 0 saturated carbocycles. The molecule has 3 rings (SSSR count). The van der Waals surface area contributed by atoms with E-state index in [1.807, 2.05) is 48.8 Å². The lowest BCUT2D eigenvalue weighted by Gasteiger charge is -2.23. The topological polar surface area (TPSA) is 87.8 Å². The van der Waals surface area contributed by atoms with E-state index in [0.717, 1.165) is 11.1 Å². The van der Waals surface area contributed by atoms with E-state index in [0.29, 0.717) is 11.4 Å². The fourth-order valence-electron chi connectivity index (χ4n) is 2.26. The van der Waals surface area contributed by atoms with Crippen molar-refractivity contribution >= 4 is 5.95 Å². The van der Waals surface area contributed by atoms with Gasteiger partial charge in [0.15, 0.2) is 0 Å². The van der Waals surface area contributed by atoms with Crippen LogP contribution in [0.15, 0.2) is 54.9 Å². The number of nitrogens with one attached hydrogen (secondary N) is 1. The van der Waals surface area contributed by atoms with Gasteiger partial charge >= 0.3 is 0 Å². The number of nitrogens with two attached hydrogens (primary N) is 1. The Morgan fingerprint density at radius 2 is 1.90 bits per heavy atom. The van der Waals surface area contributed by atoms with Gasteiger partial charge in [0.2, 0.25) is 5.95 Å². The first-order valence-corrected chi connectivity index (χ1v) is 6.63. The van der Waals surface area contributed by atoms with Crippen molar-refractivity contribution in [1.82, 2.24) is 15.0 Å². The molecule has 106 valence electrons. The summed E-state index contributed by atoms with van der Waals surface area (Å²) in [5.74, 6) is 0.139. The summed E-state index contributed by atoms with van der Waals surface area (Å²) >= 11 is 0. The monoisotopic (exact) mass is 280 g/mol. The smallest absolute Gasteiger partial charge is 0.220 e. The average Bonchev–Trinajstić information content (AvgIpc) is 3.02. The molecule has 1 aromatic carbocycles. The van der Waals surface area contributed by atoms with E-state index in [1.165, 1.54) is 0 Å². The van der Waals surface area contributed by atoms with Gasteiger partial charge in [0, 0.05) is 18.0 Å². The van der Waals surface area contributed by atoms with Crippen molar-refractivity contribution < 1.29 is 5.11 Å². The Balaban J connectivity index is 2.10. The Morgan fingerprint density at radius 3 is 2.57 bits per heavy atom. The molecule has 2 heterocycles. The molecule has 4 N–H and O–H groups in total. The van der Waals surface area contributed by atoms with E-state index >= 15 is 0 Å². The second kappa shape index (κ2) is 5.03. The van der Waals surface area contributed by atoms with Gasteiger partial charge in [0.05, 0.1) is 11.4 Å². The van der Waals surface area contributed by atoms with Crippen LogP contribution in [-0.2, 0) is 5.60 Å². The summed E-state index contributed by atoms with van der Waals surface area (Å²) in [5, 5.41) is 10.8. The maximum Gasteiger partial charge on any atom is 0.220 e. The number of nitrogens with zero attached hydrogens (tertiary/aromatic N) is 2. The number of nitrogen functional groups attached to an aromatic ring is 1. The summed E-state index contributed by atoms with van der Waals surface area (Å²) in [7, 11) is 0. The van der Waals surface area contributed by atoms with Crippen LogP contribution in [0.5, 0.6) is 0 Å². The normalized spacial score (nSPS) is 13.8. The first-order chi connectivity index (χ1) is 10.1. The lowest BCUT2D eigenvalue weighted by atomic mass is 9.91. The molecule has 0 radical (unpaired) electrons. The van der Waals surface area contributed by atoms with Crippen molar-refractivity contribution in [2.75, 3.05) is 5.73 Å². The van der Waals surface area contributed by atoms with Crippen molar-refractivity contribution in [2.45, 2.75) is 12.5 Å². The molecule has 0 aliphatic rings. The van der Waals surface area contributed by atoms with Crippen LogP contribution in [0.4, 0.5) is 5.95 Å². The van der Waals surface area contributed by atoms with Gasteiger partial charge in [-0.2, -0.15) is 0 Å². The minimum atomic E-state index is -1.23. The molecule has 5 heteroatoms. The van der Waals surface area contributed by atoms with Crippen LogP contribution in [0, 0.1) is 0 Å². The summed E-state index contributed by atoms with van der Waals surface area (Å²) in [6.07, 6.45) is 3.63. The molecular formula is C16H16N4O. The molecule has 0 amide bonds. The van der Waals surface area contributed by atoms with Crippen molar-refractivity contribution in [2.24, 2.45) is 0 Å². The lowest BCUT2D eigenvalue weighted by molar-refractivity contribution is 0.0975. The summed E-state index contributed by atoms with van der Waals surface area (Å²) in [5.41, 5.74) is 7.36. The summed E-state index contributed by atoms with van der Waals surface area (Å²) < 4.78 is 0. The van der Waals surface area contributed by atoms with Gasteiger partial charge in [0.1, 0.15) is 5.60 Å². The third kappa shape index (κ3) is 2.51. The first-order valence-electron chi connectivity index (χ1n) is 6.63. The number of benzene rings is 1. The highest BCUT2D eigenvalue weighted by Crippen LogP contribution is 2.30. The van der Waals surface area contributed by atoms with Gasteiger partial charge in [-0.1, -0.05) is 30.3 Å². The number of H-pyrrole nitrogens is 1. The highest BCUT2D eigenvalue weighted by molar-refractivity contribution is 5.60. The van der Waals surface area contributed by atoms with Crippen LogP contribution in [-0.4, -0.2) is 20.1 Å². The Kier molecular flexibility index (Phi) is 3.19. The molecule has 1 unspecified atom stereocenters. The fourth-order valence-corrected chi connectivity index (χ4v) is 2.26. The van der Waals surface area contributed by atoms with Crippen LogP contribution < -0.4 is 5.73 Å². The molecule has 21 heavy (non-hydrogen) atoms. The average molecular weight is 280 g/mol. The molecule has 0 fully saturated rings. The zero-order valence-electron chi connectivity index (χ0n) is 11.6. The second-order valence-corrected chi connectivity index (χ2v) is 5.03. The largest absolute Gasteiger partial charge is 0.379 e. The quantitative estimate of drug-likeness (QED) is 0.687. The number of aliphatic hydroxyl groups is 1. The zero-order valence-corrected chi connectivity index (χ0v) is 11.6. The molecule has 2 aromatic heterocycles. The third-order valence-electron chi connectivity index (χ3n) is 3.47. The third-order valence-corrected chi connectivity index (χ3v) is 3.47. The van der Waals surface area contributed by atoms with E-state index in [2.05, 4.69) is 15.0 Å². The molecular weight excluding hydrogens is 264 g/mol. The number of anilines is 1. The fraction of sp³-hybridized carbons (Fsp3) is 0.125. The Bertz CT molecular complexity index is 736. The number of rotatable bonds is 3. The molecule has 0 bridgehead atoms. The number of hydrogen-bond donors (Lipinski definition) is 3. The standard InChI is InChI=1S/C16H16N4O/c1-16(21,12-5-3-2-4-6-12)14-9-13(19-15(17)20-14)11-7-8-18-10-11/h2-10,18,21H,1H3,(H2,17,19,20). The van der Waals surface area contributed by atoms with Gasteiger partial charge < -0.3 is 15.8 Å². The number of aromatic nitrogens is 3. The maximum absolute atomic E-state index is 10.8. The first kappa shape index (κ1) is 13.3. The predicted molar refractivity (Wildman–Crippen MR) is 81.3 cm³/mol. The minimum absolute atomic E-state index is 0.139. The predicted octanol–water partition coefficient (Wildman–Crippen LogP) is 2.31. The summed E-state index contributed by atoms with van der Waals surface area (Å²) in [6, 6.07) is 13.0. The van der Waals surface area contributed by atoms with Crippen molar-refractivity contribution in [3.05, 3.63) is 66.1 Å². The minimum Gasteiger partial charge on any atom is -0.379 e. The SMILES string of the molecule is CC(O)(c1ccccc1)c1cc(-c2cc[nH]c2)nc(N)n1. The molecule has 0 saturated heterocycles. The van der Waals surface area contributed by atoms with E-state index in [9.17, 15) is 5.11 Å². The van der Waals surface area contributed by atoms with Crippen LogP contribution in [0.1, 0.15) is 18.2 Å². The van der Waals surface area contributed by atoms with E-state index in [-0.39, 0.29) is 5.95 Å². The number of aromatic amines is 1. The lowest BCUT2D eigenvalue weighted by Crippen LogP contribution is -2.25. The Labute approximate surface area is 122 Å². The maximum atomic E-state index is 10.8.